The Kier molecular flexibility index (Phi) is 4.84. The van der Waals surface area contributed by atoms with Crippen molar-refractivity contribution in [2.24, 2.45) is 0 Å². The van der Waals surface area contributed by atoms with Crippen LogP contribution in [0.15, 0.2) is 69.9 Å². The molecule has 5 aromatic rings. The van der Waals surface area contributed by atoms with Gasteiger partial charge in [-0.25, -0.2) is 4.98 Å². The summed E-state index contributed by atoms with van der Waals surface area (Å²) in [6.07, 6.45) is 3.75. The number of piperidine rings is 1. The van der Waals surface area contributed by atoms with Crippen molar-refractivity contribution in [3.8, 4) is 22.6 Å². The van der Waals surface area contributed by atoms with Crippen LogP contribution in [0.5, 0.6) is 0 Å². The van der Waals surface area contributed by atoms with Gasteiger partial charge in [0.25, 0.3) is 5.56 Å². The second-order valence-electron chi connectivity index (χ2n) is 8.43. The number of fused-ring (bicyclic) bond motifs is 2. The number of aromatic amines is 2. The topological polar surface area (TPSA) is 77.9 Å². The van der Waals surface area contributed by atoms with Crippen LogP contribution in [-0.2, 0) is 0 Å². The second-order valence-corrected chi connectivity index (χ2v) is 8.84. The SMILES string of the molecule is O=c1[nH]c(=S)[nH]c2nc(-c3cc4ccccc4o3)cc(-c3ccc(N4CCCCC4)cc3)c12. The fourth-order valence-corrected chi connectivity index (χ4v) is 4.83. The summed E-state index contributed by atoms with van der Waals surface area (Å²) in [7, 11) is 0. The molecule has 6 nitrogen and oxygen atoms in total. The summed E-state index contributed by atoms with van der Waals surface area (Å²) < 4.78 is 6.30. The van der Waals surface area contributed by atoms with E-state index in [0.29, 0.717) is 22.5 Å². The first-order valence-corrected chi connectivity index (χ1v) is 11.6. The molecule has 2 aromatic carbocycles. The molecule has 0 unspecified atom stereocenters. The van der Waals surface area contributed by atoms with Crippen molar-refractivity contribution in [3.05, 3.63) is 75.8 Å². The quantitative estimate of drug-likeness (QED) is 0.325. The number of nitrogens with one attached hydrogen (secondary N) is 2. The minimum atomic E-state index is -0.257. The molecule has 1 fully saturated rings. The second kappa shape index (κ2) is 8.01. The number of furan rings is 1. The zero-order valence-corrected chi connectivity index (χ0v) is 18.7. The highest BCUT2D eigenvalue weighted by molar-refractivity contribution is 7.71. The Bertz CT molecular complexity index is 1560. The highest BCUT2D eigenvalue weighted by Crippen LogP contribution is 2.33. The van der Waals surface area contributed by atoms with Crippen molar-refractivity contribution < 1.29 is 4.42 Å². The average molecular weight is 455 g/mol. The number of rotatable bonds is 3. The number of hydrogen-bond acceptors (Lipinski definition) is 5. The van der Waals surface area contributed by atoms with Gasteiger partial charge in [-0.1, -0.05) is 30.3 Å². The third-order valence-electron chi connectivity index (χ3n) is 6.28. The molecule has 7 heteroatoms. The molecule has 0 radical (unpaired) electrons. The summed E-state index contributed by atoms with van der Waals surface area (Å²) >= 11 is 5.21. The van der Waals surface area contributed by atoms with Crippen molar-refractivity contribution in [2.75, 3.05) is 18.0 Å². The Morgan fingerprint density at radius 1 is 0.939 bits per heavy atom. The van der Waals surface area contributed by atoms with E-state index in [2.05, 4.69) is 39.1 Å². The number of benzene rings is 2. The number of pyridine rings is 1. The van der Waals surface area contributed by atoms with Gasteiger partial charge in [-0.15, -0.1) is 0 Å². The summed E-state index contributed by atoms with van der Waals surface area (Å²) in [4.78, 5) is 25.7. The molecule has 4 heterocycles. The van der Waals surface area contributed by atoms with Crippen LogP contribution in [0.1, 0.15) is 19.3 Å². The van der Waals surface area contributed by atoms with Gasteiger partial charge in [0.2, 0.25) is 0 Å². The van der Waals surface area contributed by atoms with E-state index in [1.54, 1.807) is 0 Å². The molecule has 33 heavy (non-hydrogen) atoms. The van der Waals surface area contributed by atoms with Crippen LogP contribution >= 0.6 is 12.2 Å². The van der Waals surface area contributed by atoms with Crippen LogP contribution in [0.25, 0.3) is 44.6 Å². The smallest absolute Gasteiger partial charge is 0.261 e. The van der Waals surface area contributed by atoms with E-state index in [0.717, 1.165) is 35.2 Å². The fraction of sp³-hybridized carbons (Fsp3) is 0.192. The van der Waals surface area contributed by atoms with Crippen molar-refractivity contribution in [3.63, 3.8) is 0 Å². The molecule has 2 N–H and O–H groups in total. The Hall–Kier alpha value is -3.71. The van der Waals surface area contributed by atoms with E-state index in [4.69, 9.17) is 21.6 Å². The first-order chi connectivity index (χ1) is 16.2. The lowest BCUT2D eigenvalue weighted by Crippen LogP contribution is -2.29. The minimum absolute atomic E-state index is 0.244. The summed E-state index contributed by atoms with van der Waals surface area (Å²) in [6, 6.07) is 20.1. The van der Waals surface area contributed by atoms with Crippen LogP contribution in [0.3, 0.4) is 0 Å². The fourth-order valence-electron chi connectivity index (χ4n) is 4.64. The monoisotopic (exact) mass is 454 g/mol. The van der Waals surface area contributed by atoms with E-state index in [1.165, 1.54) is 24.9 Å². The van der Waals surface area contributed by atoms with Crippen LogP contribution in [0, 0.1) is 4.77 Å². The summed E-state index contributed by atoms with van der Waals surface area (Å²) in [5, 5.41) is 1.48. The molecular weight excluding hydrogens is 432 g/mol. The largest absolute Gasteiger partial charge is 0.454 e. The molecular formula is C26H22N4O2S. The highest BCUT2D eigenvalue weighted by Gasteiger charge is 2.17. The van der Waals surface area contributed by atoms with Gasteiger partial charge in [0.05, 0.1) is 5.39 Å². The number of hydrogen-bond donors (Lipinski definition) is 2. The molecule has 1 saturated heterocycles. The lowest BCUT2D eigenvalue weighted by Gasteiger charge is -2.28. The van der Waals surface area contributed by atoms with Crippen LogP contribution in [-0.4, -0.2) is 28.0 Å². The number of aromatic nitrogens is 3. The average Bonchev–Trinajstić information content (AvgIpc) is 3.28. The van der Waals surface area contributed by atoms with Crippen molar-refractivity contribution in [1.29, 1.82) is 0 Å². The third-order valence-corrected chi connectivity index (χ3v) is 6.49. The number of para-hydroxylation sites is 1. The molecule has 0 atom stereocenters. The van der Waals surface area contributed by atoms with Crippen molar-refractivity contribution >= 4 is 39.9 Å². The summed E-state index contributed by atoms with van der Waals surface area (Å²) in [5.74, 6) is 0.642. The van der Waals surface area contributed by atoms with Crippen LogP contribution < -0.4 is 10.5 Å². The predicted molar refractivity (Wildman–Crippen MR) is 134 cm³/mol. The van der Waals surface area contributed by atoms with E-state index in [-0.39, 0.29) is 10.3 Å². The molecule has 0 amide bonds. The Morgan fingerprint density at radius 2 is 1.73 bits per heavy atom. The normalized spacial score (nSPS) is 14.2. The Labute approximate surface area is 194 Å². The van der Waals surface area contributed by atoms with Crippen molar-refractivity contribution in [1.82, 2.24) is 15.0 Å². The van der Waals surface area contributed by atoms with Gasteiger partial charge in [-0.05, 0) is 67.4 Å². The maximum Gasteiger partial charge on any atom is 0.261 e. The molecule has 0 bridgehead atoms. The first kappa shape index (κ1) is 19.9. The van der Waals surface area contributed by atoms with E-state index in [9.17, 15) is 4.79 Å². The molecule has 1 aliphatic heterocycles. The minimum Gasteiger partial charge on any atom is -0.454 e. The van der Waals surface area contributed by atoms with Gasteiger partial charge >= 0.3 is 0 Å². The first-order valence-electron chi connectivity index (χ1n) is 11.2. The van der Waals surface area contributed by atoms with E-state index in [1.807, 2.05) is 36.4 Å². The lowest BCUT2D eigenvalue weighted by molar-refractivity contribution is 0.578. The third kappa shape index (κ3) is 3.64. The van der Waals surface area contributed by atoms with E-state index >= 15 is 0 Å². The summed E-state index contributed by atoms with van der Waals surface area (Å²) in [5.41, 5.74) is 4.56. The van der Waals surface area contributed by atoms with Gasteiger partial charge in [-0.2, -0.15) is 0 Å². The number of H-pyrrole nitrogens is 2. The zero-order valence-electron chi connectivity index (χ0n) is 17.9. The van der Waals surface area contributed by atoms with Gasteiger partial charge in [0, 0.05) is 29.7 Å². The molecule has 164 valence electrons. The molecule has 1 aliphatic rings. The van der Waals surface area contributed by atoms with Crippen LogP contribution in [0.2, 0.25) is 0 Å². The Morgan fingerprint density at radius 3 is 2.52 bits per heavy atom. The molecule has 6 rings (SSSR count). The van der Waals surface area contributed by atoms with Gasteiger partial charge < -0.3 is 14.3 Å². The van der Waals surface area contributed by atoms with Crippen LogP contribution in [0.4, 0.5) is 5.69 Å². The number of nitrogens with zero attached hydrogens (tertiary/aromatic N) is 2. The maximum absolute atomic E-state index is 12.9. The van der Waals surface area contributed by atoms with Gasteiger partial charge in [0.1, 0.15) is 16.9 Å². The maximum atomic E-state index is 12.9. The van der Waals surface area contributed by atoms with Gasteiger partial charge in [-0.3, -0.25) is 9.78 Å². The van der Waals surface area contributed by atoms with E-state index < -0.39 is 0 Å². The molecule has 0 saturated carbocycles. The standard InChI is InChI=1S/C26H22N4O2S/c31-25-23-19(16-8-10-18(11-9-16)30-12-4-1-5-13-30)15-20(27-24(23)28-26(33)29-25)22-14-17-6-2-3-7-21(17)32-22/h2-3,6-11,14-15H,1,4-5,12-13H2,(H2,27,28,29,31,33). The lowest BCUT2D eigenvalue weighted by atomic mass is 10.0. The van der Waals surface area contributed by atoms with Gasteiger partial charge in [0.15, 0.2) is 10.5 Å². The zero-order chi connectivity index (χ0) is 22.4. The predicted octanol–water partition coefficient (Wildman–Crippen LogP) is 6.05. The summed E-state index contributed by atoms with van der Waals surface area (Å²) in [6.45, 7) is 2.17. The molecule has 3 aromatic heterocycles. The highest BCUT2D eigenvalue weighted by atomic mass is 32.1. The Balaban J connectivity index is 1.52. The molecule has 0 spiro atoms. The van der Waals surface area contributed by atoms with Crippen molar-refractivity contribution in [2.45, 2.75) is 19.3 Å². The number of anilines is 1. The molecule has 0 aliphatic carbocycles.